The van der Waals surface area contributed by atoms with E-state index < -0.39 is 0 Å². The van der Waals surface area contributed by atoms with Crippen molar-refractivity contribution in [3.8, 4) is 0 Å². The highest BCUT2D eigenvalue weighted by Gasteiger charge is 2.56. The van der Waals surface area contributed by atoms with E-state index in [9.17, 15) is 0 Å². The fraction of sp³-hybridized carbons (Fsp3) is 0.778. The molecular weight excluding hydrogens is 304 g/mol. The fourth-order valence-electron chi connectivity index (χ4n) is 4.53. The predicted octanol–water partition coefficient (Wildman–Crippen LogP) is 2.46. The van der Waals surface area contributed by atoms with Gasteiger partial charge in [0.15, 0.2) is 0 Å². The van der Waals surface area contributed by atoms with Gasteiger partial charge in [0.2, 0.25) is 0 Å². The zero-order valence-electron chi connectivity index (χ0n) is 14.5. The summed E-state index contributed by atoms with van der Waals surface area (Å²) in [6, 6.07) is 2.52. The first-order valence-corrected chi connectivity index (χ1v) is 9.35. The number of nitrogens with one attached hydrogen (secondary N) is 1. The molecule has 6 nitrogen and oxygen atoms in total. The van der Waals surface area contributed by atoms with Gasteiger partial charge in [-0.05, 0) is 39.0 Å². The SMILES string of the molecule is CCO[C@@H]1C[C@@H](Nc2cc(N3CCCC3)ncn2)C12CCOCC2. The highest BCUT2D eigenvalue weighted by atomic mass is 16.5. The van der Waals surface area contributed by atoms with Gasteiger partial charge in [-0.15, -0.1) is 0 Å². The average molecular weight is 332 g/mol. The molecule has 1 aliphatic carbocycles. The van der Waals surface area contributed by atoms with Crippen molar-refractivity contribution in [3.63, 3.8) is 0 Å². The van der Waals surface area contributed by atoms with Crippen LogP contribution in [0.25, 0.3) is 0 Å². The van der Waals surface area contributed by atoms with Crippen molar-refractivity contribution in [1.82, 2.24) is 9.97 Å². The summed E-state index contributed by atoms with van der Waals surface area (Å²) in [7, 11) is 0. The molecule has 0 radical (unpaired) electrons. The molecule has 1 N–H and O–H groups in total. The van der Waals surface area contributed by atoms with E-state index in [0.29, 0.717) is 12.1 Å². The second-order valence-electron chi connectivity index (χ2n) is 7.18. The quantitative estimate of drug-likeness (QED) is 0.894. The lowest BCUT2D eigenvalue weighted by atomic mass is 9.57. The van der Waals surface area contributed by atoms with E-state index in [1.807, 2.05) is 0 Å². The lowest BCUT2D eigenvalue weighted by molar-refractivity contribution is -0.159. The van der Waals surface area contributed by atoms with Crippen LogP contribution in [-0.2, 0) is 9.47 Å². The Balaban J connectivity index is 1.47. The molecule has 1 saturated carbocycles. The van der Waals surface area contributed by atoms with Gasteiger partial charge >= 0.3 is 0 Å². The topological polar surface area (TPSA) is 59.5 Å². The Kier molecular flexibility index (Phi) is 4.59. The largest absolute Gasteiger partial charge is 0.381 e. The standard InChI is InChI=1S/C18H28N4O2/c1-2-24-15-11-14(18(15)5-9-23-10-6-18)21-16-12-17(20-13-19-16)22-7-3-4-8-22/h12-15H,2-11H2,1H3,(H,19,20,21)/t14-,15-/m1/s1. The van der Waals surface area contributed by atoms with Gasteiger partial charge in [-0.25, -0.2) is 9.97 Å². The van der Waals surface area contributed by atoms with Crippen molar-refractivity contribution in [3.05, 3.63) is 12.4 Å². The third-order valence-corrected chi connectivity index (χ3v) is 5.98. The zero-order chi connectivity index (χ0) is 16.4. The molecule has 2 atom stereocenters. The summed E-state index contributed by atoms with van der Waals surface area (Å²) in [5.74, 6) is 1.99. The number of hydrogen-bond donors (Lipinski definition) is 1. The summed E-state index contributed by atoms with van der Waals surface area (Å²) >= 11 is 0. The molecule has 1 aromatic heterocycles. The normalized spacial score (nSPS) is 28.8. The molecule has 2 saturated heterocycles. The van der Waals surface area contributed by atoms with Crippen molar-refractivity contribution in [1.29, 1.82) is 0 Å². The van der Waals surface area contributed by atoms with Crippen LogP contribution in [0.4, 0.5) is 11.6 Å². The van der Waals surface area contributed by atoms with Crippen LogP contribution in [0.2, 0.25) is 0 Å². The Labute approximate surface area is 143 Å². The number of rotatable bonds is 5. The minimum absolute atomic E-state index is 0.201. The van der Waals surface area contributed by atoms with E-state index in [2.05, 4.69) is 33.2 Å². The summed E-state index contributed by atoms with van der Waals surface area (Å²) in [6.45, 7) is 6.75. The number of aromatic nitrogens is 2. The van der Waals surface area contributed by atoms with Crippen LogP contribution in [0, 0.1) is 5.41 Å². The molecule has 0 aromatic carbocycles. The van der Waals surface area contributed by atoms with Gasteiger partial charge in [-0.1, -0.05) is 0 Å². The molecule has 3 fully saturated rings. The van der Waals surface area contributed by atoms with Crippen molar-refractivity contribution in [2.75, 3.05) is 43.1 Å². The van der Waals surface area contributed by atoms with E-state index in [4.69, 9.17) is 9.47 Å². The summed E-state index contributed by atoms with van der Waals surface area (Å²) in [4.78, 5) is 11.3. The van der Waals surface area contributed by atoms with Gasteiger partial charge in [0.1, 0.15) is 18.0 Å². The lowest BCUT2D eigenvalue weighted by Crippen LogP contribution is -2.63. The maximum Gasteiger partial charge on any atom is 0.134 e. The second kappa shape index (κ2) is 6.84. The Morgan fingerprint density at radius 2 is 2.08 bits per heavy atom. The van der Waals surface area contributed by atoms with Gasteiger partial charge in [0.25, 0.3) is 0 Å². The Morgan fingerprint density at radius 1 is 1.29 bits per heavy atom. The summed E-state index contributed by atoms with van der Waals surface area (Å²) < 4.78 is 11.6. The number of ether oxygens (including phenoxy) is 2. The molecule has 3 aliphatic rings. The summed E-state index contributed by atoms with van der Waals surface area (Å²) in [6.07, 6.45) is 7.74. The molecule has 0 amide bonds. The smallest absolute Gasteiger partial charge is 0.134 e. The van der Waals surface area contributed by atoms with Crippen LogP contribution in [0.15, 0.2) is 12.4 Å². The van der Waals surface area contributed by atoms with Crippen LogP contribution in [-0.4, -0.2) is 55.0 Å². The lowest BCUT2D eigenvalue weighted by Gasteiger charge is -2.57. The Morgan fingerprint density at radius 3 is 2.83 bits per heavy atom. The third kappa shape index (κ3) is 2.86. The highest BCUT2D eigenvalue weighted by molar-refractivity contribution is 5.50. The molecular formula is C18H28N4O2. The molecule has 1 spiro atoms. The minimum Gasteiger partial charge on any atom is -0.381 e. The monoisotopic (exact) mass is 332 g/mol. The molecule has 1 aromatic rings. The van der Waals surface area contributed by atoms with Crippen LogP contribution in [0.1, 0.15) is 39.0 Å². The summed E-state index contributed by atoms with van der Waals surface area (Å²) in [5.41, 5.74) is 0.201. The molecule has 3 heterocycles. The first kappa shape index (κ1) is 16.1. The molecule has 0 bridgehead atoms. The van der Waals surface area contributed by atoms with E-state index in [1.54, 1.807) is 6.33 Å². The van der Waals surface area contributed by atoms with Crippen LogP contribution in [0.5, 0.6) is 0 Å². The van der Waals surface area contributed by atoms with E-state index >= 15 is 0 Å². The number of nitrogens with zero attached hydrogens (tertiary/aromatic N) is 3. The zero-order valence-corrected chi connectivity index (χ0v) is 14.5. The van der Waals surface area contributed by atoms with Gasteiger partial charge < -0.3 is 19.7 Å². The fourth-order valence-corrected chi connectivity index (χ4v) is 4.53. The Bertz CT molecular complexity index is 556. The predicted molar refractivity (Wildman–Crippen MR) is 93.4 cm³/mol. The van der Waals surface area contributed by atoms with Gasteiger partial charge in [-0.2, -0.15) is 0 Å². The summed E-state index contributed by atoms with van der Waals surface area (Å²) in [5, 5.41) is 3.68. The van der Waals surface area contributed by atoms with Crippen molar-refractivity contribution < 1.29 is 9.47 Å². The second-order valence-corrected chi connectivity index (χ2v) is 7.18. The molecule has 132 valence electrons. The van der Waals surface area contributed by atoms with Crippen molar-refractivity contribution in [2.24, 2.45) is 5.41 Å². The van der Waals surface area contributed by atoms with Crippen molar-refractivity contribution >= 4 is 11.6 Å². The molecule has 24 heavy (non-hydrogen) atoms. The Hall–Kier alpha value is -1.40. The highest BCUT2D eigenvalue weighted by Crippen LogP contribution is 2.51. The number of hydrogen-bond acceptors (Lipinski definition) is 6. The molecule has 4 rings (SSSR count). The van der Waals surface area contributed by atoms with Gasteiger partial charge in [0, 0.05) is 50.4 Å². The first-order chi connectivity index (χ1) is 11.8. The minimum atomic E-state index is 0.201. The van der Waals surface area contributed by atoms with Crippen LogP contribution < -0.4 is 10.2 Å². The third-order valence-electron chi connectivity index (χ3n) is 5.98. The van der Waals surface area contributed by atoms with Crippen LogP contribution >= 0.6 is 0 Å². The molecule has 0 unspecified atom stereocenters. The van der Waals surface area contributed by atoms with Gasteiger partial charge in [0.05, 0.1) is 6.10 Å². The van der Waals surface area contributed by atoms with E-state index in [1.165, 1.54) is 12.8 Å². The molecule has 2 aliphatic heterocycles. The average Bonchev–Trinajstić information content (AvgIpc) is 3.17. The molecule has 6 heteroatoms. The first-order valence-electron chi connectivity index (χ1n) is 9.35. The van der Waals surface area contributed by atoms with E-state index in [0.717, 1.165) is 63.8 Å². The van der Waals surface area contributed by atoms with Crippen molar-refractivity contribution in [2.45, 2.75) is 51.2 Å². The van der Waals surface area contributed by atoms with E-state index in [-0.39, 0.29) is 5.41 Å². The number of anilines is 2. The van der Waals surface area contributed by atoms with Gasteiger partial charge in [-0.3, -0.25) is 0 Å². The van der Waals surface area contributed by atoms with Crippen LogP contribution in [0.3, 0.4) is 0 Å². The maximum absolute atomic E-state index is 6.01. The maximum atomic E-state index is 6.01.